The van der Waals surface area contributed by atoms with Gasteiger partial charge in [-0.25, -0.2) is 0 Å². The lowest BCUT2D eigenvalue weighted by Crippen LogP contribution is -2.42. The summed E-state index contributed by atoms with van der Waals surface area (Å²) in [5.41, 5.74) is 2.93. The number of nitrogens with one attached hydrogen (secondary N) is 1. The molecule has 0 aromatic heterocycles. The fourth-order valence-corrected chi connectivity index (χ4v) is 2.23. The summed E-state index contributed by atoms with van der Waals surface area (Å²) in [6.45, 7) is 5.42. The summed E-state index contributed by atoms with van der Waals surface area (Å²) in [6.07, 6.45) is 6.39. The Morgan fingerprint density at radius 3 is 2.86 bits per heavy atom. The van der Waals surface area contributed by atoms with E-state index in [1.165, 1.54) is 25.7 Å². The third-order valence-corrected chi connectivity index (χ3v) is 3.19. The maximum atomic E-state index is 5.62. The minimum absolute atomic E-state index is 0.415. The second-order valence-corrected chi connectivity index (χ2v) is 4.41. The highest BCUT2D eigenvalue weighted by Crippen LogP contribution is 2.21. The number of nitrogens with two attached hydrogens (primary N) is 1. The van der Waals surface area contributed by atoms with Crippen LogP contribution in [0.15, 0.2) is 0 Å². The average molecular weight is 200 g/mol. The predicted octanol–water partition coefficient (Wildman–Crippen LogP) is 1.82. The molecule has 3 unspecified atom stereocenters. The Hall–Kier alpha value is -0.120. The van der Waals surface area contributed by atoms with Crippen molar-refractivity contribution < 1.29 is 4.74 Å². The summed E-state index contributed by atoms with van der Waals surface area (Å²) >= 11 is 0. The molecule has 3 nitrogen and oxygen atoms in total. The van der Waals surface area contributed by atoms with Gasteiger partial charge in [-0.3, -0.25) is 11.3 Å². The zero-order chi connectivity index (χ0) is 10.4. The van der Waals surface area contributed by atoms with E-state index >= 15 is 0 Å². The van der Waals surface area contributed by atoms with E-state index in [2.05, 4.69) is 19.3 Å². The maximum absolute atomic E-state index is 5.62. The molecule has 0 spiro atoms. The molecule has 3 N–H and O–H groups in total. The standard InChI is InChI=1S/C11H24N2O/c1-3-5-9(2)11(13-12)8-10-6-4-7-14-10/h9-11,13H,3-8,12H2,1-2H3. The van der Waals surface area contributed by atoms with Crippen molar-refractivity contribution in [2.75, 3.05) is 6.61 Å². The van der Waals surface area contributed by atoms with Gasteiger partial charge < -0.3 is 4.74 Å². The SMILES string of the molecule is CCCC(C)C(CC1CCCO1)NN. The first-order valence-corrected chi connectivity index (χ1v) is 5.85. The summed E-state index contributed by atoms with van der Waals surface area (Å²) in [5.74, 6) is 6.22. The van der Waals surface area contributed by atoms with Crippen molar-refractivity contribution in [3.8, 4) is 0 Å². The predicted molar refractivity (Wildman–Crippen MR) is 58.8 cm³/mol. The van der Waals surface area contributed by atoms with Gasteiger partial charge in [0.05, 0.1) is 6.10 Å². The quantitative estimate of drug-likeness (QED) is 0.508. The van der Waals surface area contributed by atoms with E-state index in [4.69, 9.17) is 10.6 Å². The van der Waals surface area contributed by atoms with E-state index in [9.17, 15) is 0 Å². The molecule has 0 aliphatic carbocycles. The average Bonchev–Trinajstić information content (AvgIpc) is 2.66. The van der Waals surface area contributed by atoms with E-state index in [-0.39, 0.29) is 0 Å². The highest BCUT2D eigenvalue weighted by molar-refractivity contribution is 4.77. The molecule has 1 rings (SSSR count). The van der Waals surface area contributed by atoms with Crippen molar-refractivity contribution in [1.29, 1.82) is 0 Å². The van der Waals surface area contributed by atoms with Gasteiger partial charge in [0.1, 0.15) is 0 Å². The molecule has 0 amide bonds. The molecule has 84 valence electrons. The minimum Gasteiger partial charge on any atom is -0.378 e. The van der Waals surface area contributed by atoms with Crippen molar-refractivity contribution in [3.05, 3.63) is 0 Å². The van der Waals surface area contributed by atoms with Crippen LogP contribution in [-0.4, -0.2) is 18.8 Å². The molecule has 0 aromatic rings. The third kappa shape index (κ3) is 3.56. The van der Waals surface area contributed by atoms with Crippen LogP contribution in [0.4, 0.5) is 0 Å². The van der Waals surface area contributed by atoms with Crippen LogP contribution >= 0.6 is 0 Å². The number of ether oxygens (including phenoxy) is 1. The number of rotatable bonds is 6. The zero-order valence-corrected chi connectivity index (χ0v) is 9.46. The molecule has 1 heterocycles. The molecular weight excluding hydrogens is 176 g/mol. The first kappa shape index (κ1) is 12.0. The largest absolute Gasteiger partial charge is 0.378 e. The van der Waals surface area contributed by atoms with E-state index in [1.807, 2.05) is 0 Å². The van der Waals surface area contributed by atoms with E-state index in [0.717, 1.165) is 13.0 Å². The van der Waals surface area contributed by atoms with Crippen LogP contribution in [0.2, 0.25) is 0 Å². The van der Waals surface area contributed by atoms with Crippen LogP contribution in [-0.2, 0) is 4.74 Å². The Labute approximate surface area is 87.4 Å². The molecular formula is C11H24N2O. The van der Waals surface area contributed by atoms with Crippen LogP contribution in [0.25, 0.3) is 0 Å². The summed E-state index contributed by atoms with van der Waals surface area (Å²) in [6, 6.07) is 0.415. The molecule has 3 heteroatoms. The lowest BCUT2D eigenvalue weighted by atomic mass is 9.92. The Morgan fingerprint density at radius 1 is 1.57 bits per heavy atom. The molecule has 1 saturated heterocycles. The Morgan fingerprint density at radius 2 is 2.36 bits per heavy atom. The van der Waals surface area contributed by atoms with Crippen LogP contribution in [0, 0.1) is 5.92 Å². The Balaban J connectivity index is 2.29. The molecule has 0 aromatic carbocycles. The molecule has 1 aliphatic heterocycles. The maximum Gasteiger partial charge on any atom is 0.0591 e. The van der Waals surface area contributed by atoms with Gasteiger partial charge in [-0.15, -0.1) is 0 Å². The van der Waals surface area contributed by atoms with Crippen molar-refractivity contribution in [2.24, 2.45) is 11.8 Å². The summed E-state index contributed by atoms with van der Waals surface area (Å²) in [4.78, 5) is 0. The fourth-order valence-electron chi connectivity index (χ4n) is 2.23. The van der Waals surface area contributed by atoms with Crippen molar-refractivity contribution >= 4 is 0 Å². The summed E-state index contributed by atoms with van der Waals surface area (Å²) in [7, 11) is 0. The van der Waals surface area contributed by atoms with Gasteiger partial charge in [0.15, 0.2) is 0 Å². The third-order valence-electron chi connectivity index (χ3n) is 3.19. The van der Waals surface area contributed by atoms with Gasteiger partial charge >= 0.3 is 0 Å². The van der Waals surface area contributed by atoms with E-state index in [0.29, 0.717) is 18.1 Å². The van der Waals surface area contributed by atoms with Gasteiger partial charge in [0, 0.05) is 12.6 Å². The van der Waals surface area contributed by atoms with Crippen molar-refractivity contribution in [1.82, 2.24) is 5.43 Å². The van der Waals surface area contributed by atoms with Crippen LogP contribution < -0.4 is 11.3 Å². The van der Waals surface area contributed by atoms with Crippen molar-refractivity contribution in [2.45, 2.75) is 58.1 Å². The van der Waals surface area contributed by atoms with Crippen molar-refractivity contribution in [3.63, 3.8) is 0 Å². The normalized spacial score (nSPS) is 26.4. The van der Waals surface area contributed by atoms with Crippen LogP contribution in [0.3, 0.4) is 0 Å². The molecule has 3 atom stereocenters. The molecule has 14 heavy (non-hydrogen) atoms. The van der Waals surface area contributed by atoms with Gasteiger partial charge in [0.25, 0.3) is 0 Å². The number of hydrogen-bond donors (Lipinski definition) is 2. The van der Waals surface area contributed by atoms with E-state index < -0.39 is 0 Å². The summed E-state index contributed by atoms with van der Waals surface area (Å²) in [5, 5.41) is 0. The minimum atomic E-state index is 0.415. The highest BCUT2D eigenvalue weighted by Gasteiger charge is 2.23. The molecule has 1 aliphatic rings. The van der Waals surface area contributed by atoms with Gasteiger partial charge in [-0.05, 0) is 31.6 Å². The molecule has 0 bridgehead atoms. The Bertz CT molecular complexity index is 146. The van der Waals surface area contributed by atoms with E-state index in [1.54, 1.807) is 0 Å². The monoisotopic (exact) mass is 200 g/mol. The molecule has 0 radical (unpaired) electrons. The number of hydrazine groups is 1. The zero-order valence-electron chi connectivity index (χ0n) is 9.46. The molecule has 1 fully saturated rings. The smallest absolute Gasteiger partial charge is 0.0591 e. The molecule has 0 saturated carbocycles. The first-order valence-electron chi connectivity index (χ1n) is 5.85. The number of hydrogen-bond acceptors (Lipinski definition) is 3. The lowest BCUT2D eigenvalue weighted by molar-refractivity contribution is 0.0872. The Kier molecular flexibility index (Phi) is 5.45. The second kappa shape index (κ2) is 6.38. The van der Waals surface area contributed by atoms with Gasteiger partial charge in [-0.2, -0.15) is 0 Å². The lowest BCUT2D eigenvalue weighted by Gasteiger charge is -2.25. The van der Waals surface area contributed by atoms with Crippen LogP contribution in [0.1, 0.15) is 46.0 Å². The second-order valence-electron chi connectivity index (χ2n) is 4.41. The highest BCUT2D eigenvalue weighted by atomic mass is 16.5. The topological polar surface area (TPSA) is 47.3 Å². The van der Waals surface area contributed by atoms with Gasteiger partial charge in [0.2, 0.25) is 0 Å². The van der Waals surface area contributed by atoms with Crippen LogP contribution in [0.5, 0.6) is 0 Å². The first-order chi connectivity index (χ1) is 6.77. The summed E-state index contributed by atoms with van der Waals surface area (Å²) < 4.78 is 5.62. The fraction of sp³-hybridized carbons (Fsp3) is 1.00. The van der Waals surface area contributed by atoms with Gasteiger partial charge in [-0.1, -0.05) is 20.3 Å².